The SMILES string of the molecule is COCCn1nnnc1[C@@H](c1cc2ccc(OC)cc2[nH]c1=O)N1CCc2ccccc21. The number of hydrogen-bond acceptors (Lipinski definition) is 7. The predicted molar refractivity (Wildman–Crippen MR) is 120 cm³/mol. The Morgan fingerprint density at radius 3 is 2.88 bits per heavy atom. The molecule has 164 valence electrons. The molecular formula is C23H24N6O3. The molecule has 0 amide bonds. The second-order valence-electron chi connectivity index (χ2n) is 7.73. The van der Waals surface area contributed by atoms with Gasteiger partial charge in [0.15, 0.2) is 5.82 Å². The maximum Gasteiger partial charge on any atom is 0.254 e. The van der Waals surface area contributed by atoms with Crippen LogP contribution >= 0.6 is 0 Å². The number of tetrazole rings is 1. The van der Waals surface area contributed by atoms with E-state index in [2.05, 4.69) is 37.5 Å². The van der Waals surface area contributed by atoms with Crippen LogP contribution in [0.4, 0.5) is 5.69 Å². The largest absolute Gasteiger partial charge is 0.497 e. The predicted octanol–water partition coefficient (Wildman–Crippen LogP) is 2.32. The Kier molecular flexibility index (Phi) is 5.32. The van der Waals surface area contributed by atoms with Gasteiger partial charge in [-0.25, -0.2) is 4.68 Å². The van der Waals surface area contributed by atoms with Crippen molar-refractivity contribution in [1.29, 1.82) is 0 Å². The van der Waals surface area contributed by atoms with E-state index >= 15 is 0 Å². The summed E-state index contributed by atoms with van der Waals surface area (Å²) in [6, 6.07) is 15.4. The summed E-state index contributed by atoms with van der Waals surface area (Å²) in [6.07, 6.45) is 0.898. The van der Waals surface area contributed by atoms with Crippen molar-refractivity contribution >= 4 is 16.6 Å². The molecule has 1 atom stereocenters. The lowest BCUT2D eigenvalue weighted by Gasteiger charge is -2.29. The minimum atomic E-state index is -0.444. The van der Waals surface area contributed by atoms with E-state index in [1.165, 1.54) is 5.56 Å². The average molecular weight is 432 g/mol. The van der Waals surface area contributed by atoms with Crippen LogP contribution in [0.25, 0.3) is 10.9 Å². The van der Waals surface area contributed by atoms with Crippen LogP contribution in [-0.4, -0.2) is 52.6 Å². The van der Waals surface area contributed by atoms with Gasteiger partial charge in [-0.05, 0) is 52.1 Å². The summed E-state index contributed by atoms with van der Waals surface area (Å²) in [4.78, 5) is 18.6. The van der Waals surface area contributed by atoms with Crippen LogP contribution in [0.1, 0.15) is 23.0 Å². The molecule has 32 heavy (non-hydrogen) atoms. The molecular weight excluding hydrogens is 408 g/mol. The third-order valence-corrected chi connectivity index (χ3v) is 5.92. The van der Waals surface area contributed by atoms with E-state index in [1.807, 2.05) is 36.4 Å². The zero-order chi connectivity index (χ0) is 22.1. The van der Waals surface area contributed by atoms with Crippen LogP contribution in [-0.2, 0) is 17.7 Å². The number of methoxy groups -OCH3 is 2. The Balaban J connectivity index is 1.68. The molecule has 0 bridgehead atoms. The highest BCUT2D eigenvalue weighted by molar-refractivity contribution is 5.81. The summed E-state index contributed by atoms with van der Waals surface area (Å²) in [7, 11) is 3.24. The van der Waals surface area contributed by atoms with Crippen molar-refractivity contribution in [3.8, 4) is 5.75 Å². The molecule has 0 saturated heterocycles. The second-order valence-corrected chi connectivity index (χ2v) is 7.73. The number of nitrogens with zero attached hydrogens (tertiary/aromatic N) is 5. The summed E-state index contributed by atoms with van der Waals surface area (Å²) in [5.41, 5.74) is 3.47. The molecule has 9 heteroatoms. The van der Waals surface area contributed by atoms with Gasteiger partial charge in [0.1, 0.15) is 11.8 Å². The van der Waals surface area contributed by atoms with Crippen LogP contribution in [0.2, 0.25) is 0 Å². The van der Waals surface area contributed by atoms with Gasteiger partial charge in [0.05, 0.1) is 25.8 Å². The Hall–Kier alpha value is -3.72. The van der Waals surface area contributed by atoms with Gasteiger partial charge in [0, 0.05) is 31.0 Å². The highest BCUT2D eigenvalue weighted by atomic mass is 16.5. The van der Waals surface area contributed by atoms with E-state index in [1.54, 1.807) is 18.9 Å². The lowest BCUT2D eigenvalue weighted by atomic mass is 10.0. The van der Waals surface area contributed by atoms with Crippen LogP contribution in [0.15, 0.2) is 53.3 Å². The first kappa shape index (κ1) is 20.2. The number of rotatable bonds is 7. The maximum atomic E-state index is 13.3. The van der Waals surface area contributed by atoms with E-state index in [9.17, 15) is 4.79 Å². The zero-order valence-corrected chi connectivity index (χ0v) is 18.0. The van der Waals surface area contributed by atoms with E-state index in [0.29, 0.717) is 30.3 Å². The number of pyridine rings is 1. The van der Waals surface area contributed by atoms with Gasteiger partial charge in [0.2, 0.25) is 0 Å². The minimum absolute atomic E-state index is 0.179. The van der Waals surface area contributed by atoms with E-state index in [-0.39, 0.29) is 5.56 Å². The topological polar surface area (TPSA) is 98.2 Å². The van der Waals surface area contributed by atoms with Gasteiger partial charge in [-0.15, -0.1) is 5.10 Å². The van der Waals surface area contributed by atoms with Crippen LogP contribution in [0.3, 0.4) is 0 Å². The molecule has 3 heterocycles. The summed E-state index contributed by atoms with van der Waals surface area (Å²) >= 11 is 0. The molecule has 5 rings (SSSR count). The number of nitrogens with one attached hydrogen (secondary N) is 1. The second kappa shape index (κ2) is 8.43. The minimum Gasteiger partial charge on any atom is -0.497 e. The Morgan fingerprint density at radius 1 is 1.16 bits per heavy atom. The smallest absolute Gasteiger partial charge is 0.254 e. The first-order valence-electron chi connectivity index (χ1n) is 10.5. The van der Waals surface area contributed by atoms with Crippen LogP contribution in [0, 0.1) is 0 Å². The molecule has 0 spiro atoms. The number of H-pyrrole nitrogens is 1. The molecule has 1 aliphatic heterocycles. The number of para-hydroxylation sites is 1. The molecule has 0 aliphatic carbocycles. The van der Waals surface area contributed by atoms with E-state index in [4.69, 9.17) is 9.47 Å². The van der Waals surface area contributed by atoms with Crippen LogP contribution in [0.5, 0.6) is 5.75 Å². The van der Waals surface area contributed by atoms with E-state index in [0.717, 1.165) is 29.6 Å². The van der Waals surface area contributed by atoms with Gasteiger partial charge in [-0.3, -0.25) is 4.79 Å². The van der Waals surface area contributed by atoms with Crippen molar-refractivity contribution in [3.63, 3.8) is 0 Å². The van der Waals surface area contributed by atoms with Crippen molar-refractivity contribution in [2.45, 2.75) is 19.0 Å². The molecule has 0 unspecified atom stereocenters. The summed E-state index contributed by atoms with van der Waals surface area (Å²) in [5, 5.41) is 13.3. The molecule has 0 saturated carbocycles. The number of aromatic nitrogens is 5. The monoisotopic (exact) mass is 432 g/mol. The fourth-order valence-electron chi connectivity index (χ4n) is 4.35. The van der Waals surface area contributed by atoms with E-state index < -0.39 is 6.04 Å². The fourth-order valence-corrected chi connectivity index (χ4v) is 4.35. The standard InChI is InChI=1S/C23H24N6O3/c1-31-12-11-29-22(25-26-27-29)21(28-10-9-15-5-3-4-6-20(15)28)18-13-16-7-8-17(32-2)14-19(16)24-23(18)30/h3-8,13-14,21H,9-12H2,1-2H3,(H,24,30)/t21-/m1/s1. The highest BCUT2D eigenvalue weighted by Crippen LogP contribution is 2.37. The number of anilines is 1. The zero-order valence-electron chi connectivity index (χ0n) is 18.0. The molecule has 4 aromatic rings. The first-order valence-corrected chi connectivity index (χ1v) is 10.5. The van der Waals surface area contributed by atoms with Crippen molar-refractivity contribution in [1.82, 2.24) is 25.2 Å². The quantitative estimate of drug-likeness (QED) is 0.479. The lowest BCUT2D eigenvalue weighted by molar-refractivity contribution is 0.181. The van der Waals surface area contributed by atoms with Gasteiger partial charge >= 0.3 is 0 Å². The molecule has 1 aliphatic rings. The third-order valence-electron chi connectivity index (χ3n) is 5.92. The molecule has 0 radical (unpaired) electrons. The van der Waals surface area contributed by atoms with Crippen LogP contribution < -0.4 is 15.2 Å². The van der Waals surface area contributed by atoms with Crippen molar-refractivity contribution in [3.05, 3.63) is 75.8 Å². The van der Waals surface area contributed by atoms with Crippen molar-refractivity contribution < 1.29 is 9.47 Å². The molecule has 2 aromatic heterocycles. The number of benzene rings is 2. The molecule has 2 aromatic carbocycles. The Labute approximate surface area is 184 Å². The summed E-state index contributed by atoms with van der Waals surface area (Å²) in [6.45, 7) is 1.73. The summed E-state index contributed by atoms with van der Waals surface area (Å²) in [5.74, 6) is 1.30. The number of hydrogen-bond donors (Lipinski definition) is 1. The first-order chi connectivity index (χ1) is 15.7. The van der Waals surface area contributed by atoms with Gasteiger partial charge in [0.25, 0.3) is 5.56 Å². The maximum absolute atomic E-state index is 13.3. The van der Waals surface area contributed by atoms with Crippen molar-refractivity contribution in [2.24, 2.45) is 0 Å². The van der Waals surface area contributed by atoms with Gasteiger partial charge < -0.3 is 19.4 Å². The lowest BCUT2D eigenvalue weighted by Crippen LogP contribution is -2.34. The third kappa shape index (κ3) is 3.50. The average Bonchev–Trinajstić information content (AvgIpc) is 3.45. The molecule has 0 fully saturated rings. The number of fused-ring (bicyclic) bond motifs is 2. The Bertz CT molecular complexity index is 1310. The molecule has 9 nitrogen and oxygen atoms in total. The highest BCUT2D eigenvalue weighted by Gasteiger charge is 2.34. The van der Waals surface area contributed by atoms with Gasteiger partial charge in [-0.1, -0.05) is 18.2 Å². The normalized spacial score (nSPS) is 14.0. The fraction of sp³-hybridized carbons (Fsp3) is 0.304. The van der Waals surface area contributed by atoms with Gasteiger partial charge in [-0.2, -0.15) is 0 Å². The Morgan fingerprint density at radius 2 is 2.03 bits per heavy atom. The number of aromatic amines is 1. The number of ether oxygens (including phenoxy) is 2. The molecule has 1 N–H and O–H groups in total. The van der Waals surface area contributed by atoms with Crippen molar-refractivity contribution in [2.75, 3.05) is 32.3 Å². The summed E-state index contributed by atoms with van der Waals surface area (Å²) < 4.78 is 12.2.